The predicted molar refractivity (Wildman–Crippen MR) is 72.6 cm³/mol. The van der Waals surface area contributed by atoms with Gasteiger partial charge in [0.25, 0.3) is 0 Å². The van der Waals surface area contributed by atoms with Gasteiger partial charge in [-0.3, -0.25) is 4.90 Å². The Balaban J connectivity index is 1.62. The highest BCUT2D eigenvalue weighted by molar-refractivity contribution is 5.18. The van der Waals surface area contributed by atoms with Gasteiger partial charge < -0.3 is 9.73 Å². The fourth-order valence-corrected chi connectivity index (χ4v) is 3.48. The third-order valence-corrected chi connectivity index (χ3v) is 4.78. The van der Waals surface area contributed by atoms with Gasteiger partial charge >= 0.3 is 0 Å². The molecule has 2 aliphatic rings. The average molecular weight is 248 g/mol. The van der Waals surface area contributed by atoms with Crippen LogP contribution in [0, 0.1) is 19.3 Å². The van der Waals surface area contributed by atoms with Crippen LogP contribution >= 0.6 is 0 Å². The lowest BCUT2D eigenvalue weighted by molar-refractivity contribution is 0.188. The second-order valence-electron chi connectivity index (χ2n) is 6.16. The Kier molecular flexibility index (Phi) is 3.20. The fraction of sp³-hybridized carbons (Fsp3) is 0.733. The molecular weight excluding hydrogens is 224 g/mol. The third-order valence-electron chi connectivity index (χ3n) is 4.78. The van der Waals surface area contributed by atoms with Crippen molar-refractivity contribution in [2.45, 2.75) is 39.7 Å². The van der Waals surface area contributed by atoms with Crippen LogP contribution in [-0.4, -0.2) is 31.1 Å². The summed E-state index contributed by atoms with van der Waals surface area (Å²) in [4.78, 5) is 2.57. The highest BCUT2D eigenvalue weighted by Gasteiger charge is 2.38. The van der Waals surface area contributed by atoms with Crippen molar-refractivity contribution in [3.8, 4) is 0 Å². The number of nitrogens with zero attached hydrogens (tertiary/aromatic N) is 1. The Morgan fingerprint density at radius 2 is 2.06 bits per heavy atom. The number of nitrogens with one attached hydrogen (secondary N) is 1. The van der Waals surface area contributed by atoms with Gasteiger partial charge in [-0.15, -0.1) is 0 Å². The van der Waals surface area contributed by atoms with Gasteiger partial charge in [-0.25, -0.2) is 0 Å². The molecule has 1 aromatic heterocycles. The van der Waals surface area contributed by atoms with Gasteiger partial charge in [0.2, 0.25) is 0 Å². The molecule has 3 heterocycles. The molecule has 3 heteroatoms. The molecule has 2 aliphatic heterocycles. The minimum atomic E-state index is 0.599. The SMILES string of the molecule is Cc1cc(CN2CCC3(CCNCC3)C2)oc1C. The van der Waals surface area contributed by atoms with Gasteiger partial charge in [-0.1, -0.05) is 0 Å². The molecule has 1 spiro atoms. The summed E-state index contributed by atoms with van der Waals surface area (Å²) in [5.74, 6) is 2.21. The normalized spacial score (nSPS) is 23.9. The number of hydrogen-bond acceptors (Lipinski definition) is 3. The van der Waals surface area contributed by atoms with Crippen LogP contribution in [0.25, 0.3) is 0 Å². The number of likely N-dealkylation sites (tertiary alicyclic amines) is 1. The van der Waals surface area contributed by atoms with Crippen molar-refractivity contribution in [2.75, 3.05) is 26.2 Å². The fourth-order valence-electron chi connectivity index (χ4n) is 3.48. The lowest BCUT2D eigenvalue weighted by Gasteiger charge is -2.33. The second-order valence-corrected chi connectivity index (χ2v) is 6.16. The molecule has 18 heavy (non-hydrogen) atoms. The molecule has 0 saturated carbocycles. The molecule has 2 fully saturated rings. The van der Waals surface area contributed by atoms with Gasteiger partial charge in [0.05, 0.1) is 6.54 Å². The maximum Gasteiger partial charge on any atom is 0.118 e. The first kappa shape index (κ1) is 12.2. The molecule has 3 nitrogen and oxygen atoms in total. The van der Waals surface area contributed by atoms with Crippen molar-refractivity contribution >= 4 is 0 Å². The molecule has 1 N–H and O–H groups in total. The first-order chi connectivity index (χ1) is 8.67. The summed E-state index contributed by atoms with van der Waals surface area (Å²) in [6, 6.07) is 2.20. The molecule has 0 aliphatic carbocycles. The lowest BCUT2D eigenvalue weighted by Crippen LogP contribution is -2.38. The van der Waals surface area contributed by atoms with Gasteiger partial charge in [0.15, 0.2) is 0 Å². The maximum atomic E-state index is 5.80. The largest absolute Gasteiger partial charge is 0.465 e. The summed E-state index contributed by atoms with van der Waals surface area (Å²) in [6.45, 7) is 10.1. The van der Waals surface area contributed by atoms with Crippen LogP contribution in [-0.2, 0) is 6.54 Å². The van der Waals surface area contributed by atoms with E-state index < -0.39 is 0 Å². The molecule has 3 rings (SSSR count). The Bertz CT molecular complexity index is 399. The molecule has 1 aromatic rings. The van der Waals surface area contributed by atoms with E-state index in [4.69, 9.17) is 4.42 Å². The quantitative estimate of drug-likeness (QED) is 0.871. The van der Waals surface area contributed by atoms with E-state index in [-0.39, 0.29) is 0 Å². The predicted octanol–water partition coefficient (Wildman–Crippen LogP) is 2.47. The van der Waals surface area contributed by atoms with Crippen molar-refractivity contribution in [3.63, 3.8) is 0 Å². The summed E-state index contributed by atoms with van der Waals surface area (Å²) >= 11 is 0. The van der Waals surface area contributed by atoms with Crippen LogP contribution in [0.3, 0.4) is 0 Å². The smallest absolute Gasteiger partial charge is 0.118 e. The van der Waals surface area contributed by atoms with Gasteiger partial charge in [0.1, 0.15) is 11.5 Å². The Labute approximate surface area is 110 Å². The van der Waals surface area contributed by atoms with E-state index in [0.717, 1.165) is 18.1 Å². The van der Waals surface area contributed by atoms with Crippen molar-refractivity contribution in [2.24, 2.45) is 5.41 Å². The van der Waals surface area contributed by atoms with E-state index in [1.807, 2.05) is 0 Å². The lowest BCUT2D eigenvalue weighted by atomic mass is 9.78. The number of furan rings is 1. The standard InChI is InChI=1S/C15H24N2O/c1-12-9-14(18-13(12)2)10-17-8-5-15(11-17)3-6-16-7-4-15/h9,16H,3-8,10-11H2,1-2H3. The van der Waals surface area contributed by atoms with E-state index >= 15 is 0 Å². The minimum Gasteiger partial charge on any atom is -0.465 e. The van der Waals surface area contributed by atoms with E-state index in [1.54, 1.807) is 0 Å². The van der Waals surface area contributed by atoms with Crippen LogP contribution < -0.4 is 5.32 Å². The molecule has 0 bridgehead atoms. The van der Waals surface area contributed by atoms with E-state index in [1.165, 1.54) is 51.0 Å². The van der Waals surface area contributed by atoms with Crippen LogP contribution in [0.4, 0.5) is 0 Å². The Morgan fingerprint density at radius 1 is 1.28 bits per heavy atom. The Morgan fingerprint density at radius 3 is 2.72 bits per heavy atom. The molecular formula is C15H24N2O. The van der Waals surface area contributed by atoms with Crippen molar-refractivity contribution in [1.82, 2.24) is 10.2 Å². The number of rotatable bonds is 2. The number of piperidine rings is 1. The summed E-state index contributed by atoms with van der Waals surface area (Å²) < 4.78 is 5.80. The second kappa shape index (κ2) is 4.71. The summed E-state index contributed by atoms with van der Waals surface area (Å²) in [7, 11) is 0. The van der Waals surface area contributed by atoms with Crippen molar-refractivity contribution < 1.29 is 4.42 Å². The molecule has 2 saturated heterocycles. The van der Waals surface area contributed by atoms with E-state index in [9.17, 15) is 0 Å². The van der Waals surface area contributed by atoms with E-state index in [0.29, 0.717) is 5.41 Å². The zero-order chi connectivity index (χ0) is 12.6. The highest BCUT2D eigenvalue weighted by atomic mass is 16.3. The topological polar surface area (TPSA) is 28.4 Å². The van der Waals surface area contributed by atoms with Gasteiger partial charge in [0, 0.05) is 6.54 Å². The zero-order valence-electron chi connectivity index (χ0n) is 11.6. The van der Waals surface area contributed by atoms with Crippen LogP contribution in [0.2, 0.25) is 0 Å². The highest BCUT2D eigenvalue weighted by Crippen LogP contribution is 2.39. The van der Waals surface area contributed by atoms with Crippen LogP contribution in [0.5, 0.6) is 0 Å². The Hall–Kier alpha value is -0.800. The minimum absolute atomic E-state index is 0.599. The molecule has 0 atom stereocenters. The van der Waals surface area contributed by atoms with E-state index in [2.05, 4.69) is 30.1 Å². The average Bonchev–Trinajstić information content (AvgIpc) is 2.86. The molecule has 0 unspecified atom stereocenters. The van der Waals surface area contributed by atoms with Crippen molar-refractivity contribution in [1.29, 1.82) is 0 Å². The third kappa shape index (κ3) is 2.34. The molecule has 100 valence electrons. The van der Waals surface area contributed by atoms with Gasteiger partial charge in [-0.2, -0.15) is 0 Å². The first-order valence-electron chi connectivity index (χ1n) is 7.16. The van der Waals surface area contributed by atoms with Gasteiger partial charge in [-0.05, 0) is 69.8 Å². The summed E-state index contributed by atoms with van der Waals surface area (Å²) in [5, 5.41) is 3.47. The molecule has 0 aromatic carbocycles. The molecule has 0 radical (unpaired) electrons. The molecule has 0 amide bonds. The maximum absolute atomic E-state index is 5.80. The summed E-state index contributed by atoms with van der Waals surface area (Å²) in [6.07, 6.45) is 4.06. The van der Waals surface area contributed by atoms with Crippen LogP contribution in [0.1, 0.15) is 36.3 Å². The van der Waals surface area contributed by atoms with Crippen LogP contribution in [0.15, 0.2) is 10.5 Å². The summed E-state index contributed by atoms with van der Waals surface area (Å²) in [5.41, 5.74) is 1.88. The number of aryl methyl sites for hydroxylation is 2. The zero-order valence-corrected chi connectivity index (χ0v) is 11.6. The van der Waals surface area contributed by atoms with Crippen molar-refractivity contribution in [3.05, 3.63) is 23.2 Å². The number of hydrogen-bond donors (Lipinski definition) is 1. The monoisotopic (exact) mass is 248 g/mol. The first-order valence-corrected chi connectivity index (χ1v) is 7.16.